The lowest BCUT2D eigenvalue weighted by molar-refractivity contribution is 0.0924. The minimum atomic E-state index is -3.10. The molecule has 1 fully saturated rings. The highest BCUT2D eigenvalue weighted by molar-refractivity contribution is 7.91. The average molecular weight is 416 g/mol. The van der Waals surface area contributed by atoms with Crippen molar-refractivity contribution in [1.82, 2.24) is 10.6 Å². The van der Waals surface area contributed by atoms with Crippen LogP contribution in [0, 0.1) is 0 Å². The van der Waals surface area contributed by atoms with E-state index in [0.29, 0.717) is 12.2 Å². The average Bonchev–Trinajstić information content (AvgIpc) is 2.84. The monoisotopic (exact) mass is 414 g/mol. The van der Waals surface area contributed by atoms with Crippen LogP contribution in [-0.4, -0.2) is 48.9 Å². The van der Waals surface area contributed by atoms with Gasteiger partial charge < -0.3 is 10.1 Å². The van der Waals surface area contributed by atoms with Gasteiger partial charge in [0.25, 0.3) is 5.91 Å². The number of hydrogen-bond donors (Lipinski definition) is 2. The van der Waals surface area contributed by atoms with Gasteiger partial charge in [-0.3, -0.25) is 10.1 Å². The number of nitrogens with one attached hydrogen (secondary N) is 2. The number of carbonyl (C=O) groups is 1. The second-order valence-electron chi connectivity index (χ2n) is 5.41. The number of hydrogen-bond acceptors (Lipinski definition) is 5. The van der Waals surface area contributed by atoms with E-state index in [1.54, 1.807) is 24.3 Å². The third-order valence-electron chi connectivity index (χ3n) is 3.59. The summed E-state index contributed by atoms with van der Waals surface area (Å²) in [5, 5.41) is 5.48. The minimum Gasteiger partial charge on any atom is -0.496 e. The molecule has 24 heavy (non-hydrogen) atoms. The number of amides is 1. The Bertz CT molecular complexity index is 706. The highest BCUT2D eigenvalue weighted by Gasteiger charge is 2.38. The molecule has 1 aromatic rings. The highest BCUT2D eigenvalue weighted by Crippen LogP contribution is 2.30. The van der Waals surface area contributed by atoms with Gasteiger partial charge in [0.2, 0.25) is 3.79 Å². The van der Waals surface area contributed by atoms with Gasteiger partial charge in [-0.25, -0.2) is 8.42 Å². The Balaban J connectivity index is 2.13. The van der Waals surface area contributed by atoms with Crippen LogP contribution in [0.5, 0.6) is 5.75 Å². The molecule has 10 heteroatoms. The molecule has 1 aliphatic heterocycles. The summed E-state index contributed by atoms with van der Waals surface area (Å²) in [6, 6.07) is 6.22. The summed E-state index contributed by atoms with van der Waals surface area (Å²) in [6.07, 6.45) is -0.664. The molecule has 134 valence electrons. The van der Waals surface area contributed by atoms with Crippen molar-refractivity contribution in [3.05, 3.63) is 29.8 Å². The van der Waals surface area contributed by atoms with E-state index in [1.807, 2.05) is 0 Å². The third-order valence-corrected chi connectivity index (χ3v) is 6.01. The van der Waals surface area contributed by atoms with Crippen LogP contribution in [-0.2, 0) is 9.84 Å². The standard InChI is InChI=1S/C14H17Cl3N2O4S/c1-23-11-5-3-2-4-10(11)12(20)19-13(14(15,16)17)18-9-6-7-24(21,22)8-9/h2-5,9,13,18H,6-8H2,1H3,(H,19,20)/t9-,13+/m1/s1. The van der Waals surface area contributed by atoms with E-state index in [1.165, 1.54) is 7.11 Å². The van der Waals surface area contributed by atoms with Crippen LogP contribution >= 0.6 is 34.8 Å². The molecule has 0 aromatic heterocycles. The predicted molar refractivity (Wildman–Crippen MR) is 94.7 cm³/mol. The van der Waals surface area contributed by atoms with E-state index < -0.39 is 31.7 Å². The Morgan fingerprint density at radius 1 is 1.33 bits per heavy atom. The number of benzene rings is 1. The van der Waals surface area contributed by atoms with Crippen molar-refractivity contribution < 1.29 is 17.9 Å². The summed E-state index contributed by atoms with van der Waals surface area (Å²) >= 11 is 17.8. The Morgan fingerprint density at radius 3 is 2.54 bits per heavy atom. The van der Waals surface area contributed by atoms with E-state index in [-0.39, 0.29) is 17.1 Å². The molecule has 0 unspecified atom stereocenters. The largest absolute Gasteiger partial charge is 0.496 e. The Hall–Kier alpha value is -0.730. The van der Waals surface area contributed by atoms with Crippen molar-refractivity contribution in [2.45, 2.75) is 22.4 Å². The fourth-order valence-corrected chi connectivity index (χ4v) is 4.46. The molecule has 0 radical (unpaired) electrons. The number of ether oxygens (including phenoxy) is 1. The molecule has 2 atom stereocenters. The number of methoxy groups -OCH3 is 1. The quantitative estimate of drug-likeness (QED) is 0.567. The molecular formula is C14H17Cl3N2O4S. The van der Waals surface area contributed by atoms with Crippen molar-refractivity contribution in [1.29, 1.82) is 0 Å². The van der Waals surface area contributed by atoms with E-state index in [9.17, 15) is 13.2 Å². The lowest BCUT2D eigenvalue weighted by Gasteiger charge is -2.29. The van der Waals surface area contributed by atoms with Crippen molar-refractivity contribution in [2.24, 2.45) is 0 Å². The molecule has 0 bridgehead atoms. The van der Waals surface area contributed by atoms with Crippen molar-refractivity contribution in [3.63, 3.8) is 0 Å². The van der Waals surface area contributed by atoms with Crippen molar-refractivity contribution >= 4 is 50.5 Å². The molecule has 1 aromatic carbocycles. The second-order valence-corrected chi connectivity index (χ2v) is 10.0. The molecule has 2 rings (SSSR count). The van der Waals surface area contributed by atoms with Crippen LogP contribution < -0.4 is 15.4 Å². The van der Waals surface area contributed by atoms with Crippen LogP contribution in [0.2, 0.25) is 0 Å². The molecule has 1 aliphatic rings. The molecular weight excluding hydrogens is 399 g/mol. The van der Waals surface area contributed by atoms with Crippen LogP contribution in [0.25, 0.3) is 0 Å². The first-order valence-corrected chi connectivity index (χ1v) is 10.0. The molecule has 1 heterocycles. The van der Waals surface area contributed by atoms with Crippen LogP contribution in [0.15, 0.2) is 24.3 Å². The van der Waals surface area contributed by atoms with Crippen molar-refractivity contribution in [3.8, 4) is 5.75 Å². The smallest absolute Gasteiger partial charge is 0.256 e. The number of sulfone groups is 1. The fraction of sp³-hybridized carbons (Fsp3) is 0.500. The van der Waals surface area contributed by atoms with Gasteiger partial charge in [0.05, 0.1) is 24.2 Å². The highest BCUT2D eigenvalue weighted by atomic mass is 35.6. The zero-order chi connectivity index (χ0) is 18.0. The summed E-state index contributed by atoms with van der Waals surface area (Å²) in [5.41, 5.74) is 0.278. The minimum absolute atomic E-state index is 0.0607. The van der Waals surface area contributed by atoms with Gasteiger partial charge in [-0.15, -0.1) is 0 Å². The number of alkyl halides is 3. The van der Waals surface area contributed by atoms with Gasteiger partial charge in [0, 0.05) is 6.04 Å². The normalized spacial score (nSPS) is 21.2. The van der Waals surface area contributed by atoms with Gasteiger partial charge in [-0.1, -0.05) is 46.9 Å². The van der Waals surface area contributed by atoms with Crippen LogP contribution in [0.3, 0.4) is 0 Å². The van der Waals surface area contributed by atoms with Gasteiger partial charge in [0.1, 0.15) is 11.9 Å². The fourth-order valence-electron chi connectivity index (χ4n) is 2.42. The Labute approximate surface area is 155 Å². The predicted octanol–water partition coefficient (Wildman–Crippen LogP) is 1.90. The van der Waals surface area contributed by atoms with E-state index in [0.717, 1.165) is 0 Å². The summed E-state index contributed by atoms with van der Waals surface area (Å²) in [4.78, 5) is 12.5. The number of rotatable bonds is 5. The number of para-hydroxylation sites is 1. The summed E-state index contributed by atoms with van der Waals surface area (Å²) < 4.78 is 26.4. The molecule has 0 saturated carbocycles. The number of halogens is 3. The van der Waals surface area contributed by atoms with Crippen LogP contribution in [0.4, 0.5) is 0 Å². The Morgan fingerprint density at radius 2 is 2.00 bits per heavy atom. The molecule has 2 N–H and O–H groups in total. The van der Waals surface area contributed by atoms with Crippen LogP contribution in [0.1, 0.15) is 16.8 Å². The molecule has 6 nitrogen and oxygen atoms in total. The Kier molecular flexibility index (Phi) is 6.25. The second kappa shape index (κ2) is 7.66. The molecule has 1 saturated heterocycles. The van der Waals surface area contributed by atoms with Gasteiger partial charge >= 0.3 is 0 Å². The maximum Gasteiger partial charge on any atom is 0.256 e. The first-order chi connectivity index (χ1) is 11.1. The maximum atomic E-state index is 12.5. The first kappa shape index (κ1) is 19.6. The third kappa shape index (κ3) is 5.13. The van der Waals surface area contributed by atoms with Gasteiger partial charge in [0.15, 0.2) is 9.84 Å². The first-order valence-electron chi connectivity index (χ1n) is 7.09. The van der Waals surface area contributed by atoms with Crippen molar-refractivity contribution in [2.75, 3.05) is 18.6 Å². The lowest BCUT2D eigenvalue weighted by Crippen LogP contribution is -2.56. The zero-order valence-electron chi connectivity index (χ0n) is 12.8. The molecule has 1 amide bonds. The topological polar surface area (TPSA) is 84.5 Å². The number of carbonyl (C=O) groups excluding carboxylic acids is 1. The van der Waals surface area contributed by atoms with E-state index >= 15 is 0 Å². The van der Waals surface area contributed by atoms with Gasteiger partial charge in [-0.05, 0) is 18.6 Å². The van der Waals surface area contributed by atoms with E-state index in [4.69, 9.17) is 39.5 Å². The zero-order valence-corrected chi connectivity index (χ0v) is 15.8. The maximum absolute atomic E-state index is 12.5. The summed E-state index contributed by atoms with van der Waals surface area (Å²) in [7, 11) is -1.66. The lowest BCUT2D eigenvalue weighted by atomic mass is 10.2. The SMILES string of the molecule is COc1ccccc1C(=O)N[C@H](N[C@@H]1CCS(=O)(=O)C1)C(Cl)(Cl)Cl. The molecule has 0 aliphatic carbocycles. The van der Waals surface area contributed by atoms with Gasteiger partial charge in [-0.2, -0.15) is 0 Å². The molecule has 0 spiro atoms. The summed E-state index contributed by atoms with van der Waals surface area (Å²) in [5.74, 6) is -0.120. The van der Waals surface area contributed by atoms with E-state index in [2.05, 4.69) is 10.6 Å². The summed E-state index contributed by atoms with van der Waals surface area (Å²) in [6.45, 7) is 0.